The molecule has 1 aliphatic carbocycles. The molecule has 1 aromatic heterocycles. The molecule has 0 amide bonds. The number of benzene rings is 1. The third kappa shape index (κ3) is 3.90. The summed E-state index contributed by atoms with van der Waals surface area (Å²) in [5, 5.41) is 7.56. The number of nitrogens with one attached hydrogen (secondary N) is 1. The molecule has 0 unspecified atom stereocenters. The standard InChI is InChI=1S/C19H25FN4O/c1-13-22-19(23-25-13)12-24-11-16(20)9-18(24)10-21-17-7-15(8-17)14-5-3-2-4-6-14/h2-6,15-18,21H,7-12H2,1H3/t15?,16-,17?,18-/m0/s1. The van der Waals surface area contributed by atoms with Gasteiger partial charge in [0.05, 0.1) is 6.54 Å². The Hall–Kier alpha value is -1.79. The van der Waals surface area contributed by atoms with Gasteiger partial charge in [-0.05, 0) is 30.7 Å². The highest BCUT2D eigenvalue weighted by Gasteiger charge is 2.35. The summed E-state index contributed by atoms with van der Waals surface area (Å²) in [5.74, 6) is 1.86. The number of likely N-dealkylation sites (tertiary alicyclic amines) is 1. The van der Waals surface area contributed by atoms with Crippen molar-refractivity contribution in [2.75, 3.05) is 13.1 Å². The number of hydrogen-bond acceptors (Lipinski definition) is 5. The Bertz CT molecular complexity index is 686. The lowest BCUT2D eigenvalue weighted by molar-refractivity contribution is 0.203. The van der Waals surface area contributed by atoms with Gasteiger partial charge in [-0.25, -0.2) is 4.39 Å². The maximum absolute atomic E-state index is 13.9. The van der Waals surface area contributed by atoms with Gasteiger partial charge in [0, 0.05) is 32.1 Å². The summed E-state index contributed by atoms with van der Waals surface area (Å²) < 4.78 is 18.9. The van der Waals surface area contributed by atoms with E-state index >= 15 is 0 Å². The first-order valence-electron chi connectivity index (χ1n) is 9.13. The fourth-order valence-corrected chi connectivity index (χ4v) is 4.00. The molecular weight excluding hydrogens is 319 g/mol. The second-order valence-electron chi connectivity index (χ2n) is 7.33. The zero-order chi connectivity index (χ0) is 17.2. The summed E-state index contributed by atoms with van der Waals surface area (Å²) in [6.45, 7) is 3.61. The summed E-state index contributed by atoms with van der Waals surface area (Å²) >= 11 is 0. The Kier molecular flexibility index (Phi) is 4.81. The maximum atomic E-state index is 13.9. The van der Waals surface area contributed by atoms with E-state index in [-0.39, 0.29) is 6.04 Å². The van der Waals surface area contributed by atoms with Crippen molar-refractivity contribution in [3.05, 3.63) is 47.6 Å². The molecule has 2 aromatic rings. The molecule has 6 heteroatoms. The molecule has 0 bridgehead atoms. The van der Waals surface area contributed by atoms with Crippen molar-refractivity contribution in [1.29, 1.82) is 0 Å². The van der Waals surface area contributed by atoms with E-state index in [9.17, 15) is 4.39 Å². The first-order valence-corrected chi connectivity index (χ1v) is 9.13. The smallest absolute Gasteiger partial charge is 0.223 e. The van der Waals surface area contributed by atoms with Crippen LogP contribution >= 0.6 is 0 Å². The van der Waals surface area contributed by atoms with E-state index in [2.05, 4.69) is 50.7 Å². The van der Waals surface area contributed by atoms with E-state index in [0.717, 1.165) is 6.54 Å². The molecule has 2 heterocycles. The molecule has 1 N–H and O–H groups in total. The molecule has 1 saturated carbocycles. The van der Waals surface area contributed by atoms with Crippen molar-refractivity contribution < 1.29 is 8.91 Å². The average Bonchev–Trinajstić information content (AvgIpc) is 3.13. The Morgan fingerprint density at radius 1 is 1.24 bits per heavy atom. The Morgan fingerprint density at radius 2 is 2.04 bits per heavy atom. The van der Waals surface area contributed by atoms with Crippen molar-refractivity contribution in [2.24, 2.45) is 0 Å². The number of halogens is 1. The average molecular weight is 344 g/mol. The van der Waals surface area contributed by atoms with Gasteiger partial charge in [0.2, 0.25) is 5.89 Å². The molecule has 134 valence electrons. The van der Waals surface area contributed by atoms with Crippen molar-refractivity contribution in [3.8, 4) is 0 Å². The Morgan fingerprint density at radius 3 is 2.76 bits per heavy atom. The van der Waals surface area contributed by atoms with Gasteiger partial charge in [-0.15, -0.1) is 0 Å². The lowest BCUT2D eigenvalue weighted by atomic mass is 9.76. The highest BCUT2D eigenvalue weighted by atomic mass is 19.1. The molecule has 4 rings (SSSR count). The van der Waals surface area contributed by atoms with Crippen LogP contribution in [0.15, 0.2) is 34.9 Å². The van der Waals surface area contributed by atoms with E-state index in [1.54, 1.807) is 6.92 Å². The van der Waals surface area contributed by atoms with Crippen molar-refractivity contribution in [2.45, 2.75) is 56.9 Å². The summed E-state index contributed by atoms with van der Waals surface area (Å²) in [4.78, 5) is 6.37. The molecule has 2 atom stereocenters. The maximum Gasteiger partial charge on any atom is 0.223 e. The monoisotopic (exact) mass is 344 g/mol. The Balaban J connectivity index is 1.26. The molecule has 2 aliphatic rings. The molecule has 2 fully saturated rings. The zero-order valence-electron chi connectivity index (χ0n) is 14.6. The van der Waals surface area contributed by atoms with Crippen LogP contribution in [0.3, 0.4) is 0 Å². The van der Waals surface area contributed by atoms with Crippen LogP contribution in [0, 0.1) is 6.92 Å². The predicted molar refractivity (Wildman–Crippen MR) is 93.0 cm³/mol. The van der Waals surface area contributed by atoms with Crippen molar-refractivity contribution >= 4 is 0 Å². The summed E-state index contributed by atoms with van der Waals surface area (Å²) in [6, 6.07) is 11.4. The summed E-state index contributed by atoms with van der Waals surface area (Å²) in [6.07, 6.45) is 2.15. The Labute approximate surface area is 147 Å². The number of alkyl halides is 1. The third-order valence-corrected chi connectivity index (χ3v) is 5.44. The summed E-state index contributed by atoms with van der Waals surface area (Å²) in [5.41, 5.74) is 1.43. The van der Waals surface area contributed by atoms with Crippen LogP contribution in [0.1, 0.15) is 42.5 Å². The van der Waals surface area contributed by atoms with Gasteiger partial charge >= 0.3 is 0 Å². The van der Waals surface area contributed by atoms with Gasteiger partial charge in [-0.3, -0.25) is 4.90 Å². The van der Waals surface area contributed by atoms with Gasteiger partial charge < -0.3 is 9.84 Å². The lowest BCUT2D eigenvalue weighted by Crippen LogP contribution is -2.46. The van der Waals surface area contributed by atoms with E-state index in [4.69, 9.17) is 4.52 Å². The molecule has 5 nitrogen and oxygen atoms in total. The number of nitrogens with zero attached hydrogens (tertiary/aromatic N) is 3. The van der Waals surface area contributed by atoms with Crippen LogP contribution in [-0.2, 0) is 6.54 Å². The number of aromatic nitrogens is 2. The van der Waals surface area contributed by atoms with Crippen molar-refractivity contribution in [3.63, 3.8) is 0 Å². The van der Waals surface area contributed by atoms with Gasteiger partial charge in [0.25, 0.3) is 0 Å². The van der Waals surface area contributed by atoms with Gasteiger partial charge in [0.1, 0.15) is 6.17 Å². The van der Waals surface area contributed by atoms with Crippen LogP contribution in [0.2, 0.25) is 0 Å². The minimum atomic E-state index is -0.766. The van der Waals surface area contributed by atoms with E-state index < -0.39 is 6.17 Å². The van der Waals surface area contributed by atoms with E-state index in [0.29, 0.717) is 43.2 Å². The third-order valence-electron chi connectivity index (χ3n) is 5.44. The minimum Gasteiger partial charge on any atom is -0.340 e. The normalized spacial score (nSPS) is 29.7. The topological polar surface area (TPSA) is 54.2 Å². The zero-order valence-corrected chi connectivity index (χ0v) is 14.6. The van der Waals surface area contributed by atoms with Crippen molar-refractivity contribution in [1.82, 2.24) is 20.4 Å². The molecule has 0 radical (unpaired) electrons. The van der Waals surface area contributed by atoms with Crippen LogP contribution in [0.5, 0.6) is 0 Å². The van der Waals surface area contributed by atoms with Gasteiger partial charge in [-0.1, -0.05) is 35.5 Å². The van der Waals surface area contributed by atoms with Crippen LogP contribution in [0.4, 0.5) is 4.39 Å². The molecule has 1 aromatic carbocycles. The second-order valence-corrected chi connectivity index (χ2v) is 7.33. The SMILES string of the molecule is Cc1nc(CN2C[C@@H](F)C[C@H]2CNC2CC(c3ccccc3)C2)no1. The molecule has 25 heavy (non-hydrogen) atoms. The van der Waals surface area contributed by atoms with Gasteiger partial charge in [0.15, 0.2) is 5.82 Å². The first kappa shape index (κ1) is 16.7. The van der Waals surface area contributed by atoms with Gasteiger partial charge in [-0.2, -0.15) is 4.98 Å². The number of rotatable bonds is 6. The highest BCUT2D eigenvalue weighted by molar-refractivity contribution is 5.22. The number of hydrogen-bond donors (Lipinski definition) is 1. The van der Waals surface area contributed by atoms with Crippen LogP contribution in [-0.4, -0.2) is 46.4 Å². The lowest BCUT2D eigenvalue weighted by Gasteiger charge is -2.37. The molecule has 1 saturated heterocycles. The second kappa shape index (κ2) is 7.22. The minimum absolute atomic E-state index is 0.199. The molecule has 0 spiro atoms. The largest absolute Gasteiger partial charge is 0.340 e. The quantitative estimate of drug-likeness (QED) is 0.873. The molecular formula is C19H25FN4O. The van der Waals surface area contributed by atoms with Crippen LogP contribution in [0.25, 0.3) is 0 Å². The fourth-order valence-electron chi connectivity index (χ4n) is 4.00. The fraction of sp³-hybridized carbons (Fsp3) is 0.579. The number of aryl methyl sites for hydroxylation is 1. The first-order chi connectivity index (χ1) is 12.2. The van der Waals surface area contributed by atoms with Crippen LogP contribution < -0.4 is 5.32 Å². The predicted octanol–water partition coefficient (Wildman–Crippen LogP) is 2.83. The van der Waals surface area contributed by atoms with E-state index in [1.165, 1.54) is 18.4 Å². The summed E-state index contributed by atoms with van der Waals surface area (Å²) in [7, 11) is 0. The molecule has 1 aliphatic heterocycles. The highest BCUT2D eigenvalue weighted by Crippen LogP contribution is 2.36. The van der Waals surface area contributed by atoms with E-state index in [1.807, 2.05) is 0 Å².